The fourth-order valence-corrected chi connectivity index (χ4v) is 4.85. The second kappa shape index (κ2) is 11.8. The summed E-state index contributed by atoms with van der Waals surface area (Å²) in [7, 11) is 1.76. The summed E-state index contributed by atoms with van der Waals surface area (Å²) in [6, 6.07) is 4.46. The molecule has 0 aliphatic heterocycles. The number of aromatic nitrogens is 2. The monoisotopic (exact) mass is 426 g/mol. The zero-order valence-corrected chi connectivity index (χ0v) is 21.3. The maximum absolute atomic E-state index is 5.85. The van der Waals surface area contributed by atoms with Crippen LogP contribution in [0.1, 0.15) is 123 Å². The molecule has 174 valence electrons. The third kappa shape index (κ3) is 6.20. The predicted molar refractivity (Wildman–Crippen MR) is 134 cm³/mol. The first kappa shape index (κ1) is 25.6. The van der Waals surface area contributed by atoms with Crippen molar-refractivity contribution in [3.05, 3.63) is 29.6 Å². The highest BCUT2D eigenvalue weighted by atomic mass is 16.5. The summed E-state index contributed by atoms with van der Waals surface area (Å²) >= 11 is 0. The van der Waals surface area contributed by atoms with E-state index in [0.717, 1.165) is 35.3 Å². The topological polar surface area (TPSA) is 35.0 Å². The Morgan fingerprint density at radius 2 is 1.52 bits per heavy atom. The molecule has 2 aromatic rings. The fraction of sp³-hybridized carbons (Fsp3) is 0.714. The van der Waals surface area contributed by atoms with Gasteiger partial charge in [-0.25, -0.2) is 4.98 Å². The van der Waals surface area contributed by atoms with E-state index < -0.39 is 0 Å². The average Bonchev–Trinajstić information content (AvgIpc) is 2.79. The Kier molecular flexibility index (Phi) is 9.78. The molecule has 1 aromatic carbocycles. The number of methoxy groups -OCH3 is 1. The number of unbranched alkanes of at least 4 members (excludes halogenated alkanes) is 4. The molecule has 2 rings (SSSR count). The molecule has 0 amide bonds. The minimum absolute atomic E-state index is 0.0781. The first-order valence-electron chi connectivity index (χ1n) is 12.7. The van der Waals surface area contributed by atoms with Crippen molar-refractivity contribution >= 4 is 11.0 Å². The van der Waals surface area contributed by atoms with Crippen LogP contribution in [0.25, 0.3) is 11.0 Å². The van der Waals surface area contributed by atoms with E-state index in [2.05, 4.69) is 53.7 Å². The molecule has 0 radical (unpaired) electrons. The summed E-state index contributed by atoms with van der Waals surface area (Å²) in [5, 5.41) is 0. The van der Waals surface area contributed by atoms with Crippen molar-refractivity contribution in [2.75, 3.05) is 7.11 Å². The van der Waals surface area contributed by atoms with E-state index in [0.29, 0.717) is 0 Å². The van der Waals surface area contributed by atoms with E-state index in [1.165, 1.54) is 63.4 Å². The number of hydrogen-bond donors (Lipinski definition) is 0. The van der Waals surface area contributed by atoms with Crippen LogP contribution in [0, 0.1) is 0 Å². The molecule has 31 heavy (non-hydrogen) atoms. The smallest absolute Gasteiger partial charge is 0.147 e. The minimum Gasteiger partial charge on any atom is -0.494 e. The van der Waals surface area contributed by atoms with E-state index >= 15 is 0 Å². The van der Waals surface area contributed by atoms with Gasteiger partial charge in [-0.1, -0.05) is 86.5 Å². The Morgan fingerprint density at radius 1 is 0.806 bits per heavy atom. The highest BCUT2D eigenvalue weighted by Crippen LogP contribution is 2.39. The van der Waals surface area contributed by atoms with Crippen LogP contribution in [0.5, 0.6) is 5.75 Å². The maximum atomic E-state index is 5.85. The summed E-state index contributed by atoms with van der Waals surface area (Å²) in [5.41, 5.74) is 4.53. The van der Waals surface area contributed by atoms with Crippen LogP contribution in [-0.2, 0) is 10.8 Å². The van der Waals surface area contributed by atoms with E-state index in [-0.39, 0.29) is 10.8 Å². The Bertz CT molecular complexity index is 818. The lowest BCUT2D eigenvalue weighted by atomic mass is 9.76. The molecule has 0 aliphatic carbocycles. The third-order valence-corrected chi connectivity index (χ3v) is 7.39. The molecule has 0 N–H and O–H groups in total. The van der Waals surface area contributed by atoms with Crippen molar-refractivity contribution < 1.29 is 4.74 Å². The molecular weight excluding hydrogens is 380 g/mol. The van der Waals surface area contributed by atoms with Crippen LogP contribution in [0.3, 0.4) is 0 Å². The number of hydrogen-bond acceptors (Lipinski definition) is 3. The molecule has 2 atom stereocenters. The molecule has 2 unspecified atom stereocenters. The van der Waals surface area contributed by atoms with Gasteiger partial charge < -0.3 is 4.74 Å². The third-order valence-electron chi connectivity index (χ3n) is 7.39. The quantitative estimate of drug-likeness (QED) is 0.284. The van der Waals surface area contributed by atoms with Crippen LogP contribution in [0.4, 0.5) is 0 Å². The Labute approximate surface area is 191 Å². The Morgan fingerprint density at radius 3 is 2.13 bits per heavy atom. The van der Waals surface area contributed by atoms with E-state index in [4.69, 9.17) is 14.7 Å². The zero-order valence-electron chi connectivity index (χ0n) is 21.3. The van der Waals surface area contributed by atoms with Gasteiger partial charge in [0.05, 0.1) is 18.3 Å². The molecule has 0 saturated carbocycles. The van der Waals surface area contributed by atoms with Gasteiger partial charge in [0.1, 0.15) is 11.3 Å². The molecule has 3 nitrogen and oxygen atoms in total. The first-order chi connectivity index (χ1) is 14.9. The summed E-state index contributed by atoms with van der Waals surface area (Å²) in [6.07, 6.45) is 15.4. The SMILES string of the molecule is CCCCCCC(C)(CCCC)c1cnc2cc(C(C)(CC)CCC)cc(OC)c2n1. The molecular formula is C28H46N2O. The molecule has 0 bridgehead atoms. The van der Waals surface area contributed by atoms with Gasteiger partial charge in [0.2, 0.25) is 0 Å². The van der Waals surface area contributed by atoms with Crippen LogP contribution in [-0.4, -0.2) is 17.1 Å². The predicted octanol–water partition coefficient (Wildman–Crippen LogP) is 8.52. The van der Waals surface area contributed by atoms with Crippen molar-refractivity contribution in [2.24, 2.45) is 0 Å². The van der Waals surface area contributed by atoms with Crippen LogP contribution in [0.15, 0.2) is 18.3 Å². The van der Waals surface area contributed by atoms with Gasteiger partial charge in [0, 0.05) is 11.6 Å². The van der Waals surface area contributed by atoms with Gasteiger partial charge in [0.25, 0.3) is 0 Å². The second-order valence-electron chi connectivity index (χ2n) is 9.94. The van der Waals surface area contributed by atoms with Gasteiger partial charge in [0.15, 0.2) is 0 Å². The van der Waals surface area contributed by atoms with Crippen LogP contribution < -0.4 is 4.74 Å². The van der Waals surface area contributed by atoms with E-state index in [1.54, 1.807) is 7.11 Å². The van der Waals surface area contributed by atoms with Crippen molar-refractivity contribution in [1.82, 2.24) is 9.97 Å². The van der Waals surface area contributed by atoms with Gasteiger partial charge in [-0.3, -0.25) is 4.98 Å². The summed E-state index contributed by atoms with van der Waals surface area (Å²) in [6.45, 7) is 13.8. The number of fused-ring (bicyclic) bond motifs is 1. The zero-order chi connectivity index (χ0) is 22.9. The molecule has 1 heterocycles. The summed E-state index contributed by atoms with van der Waals surface area (Å²) in [4.78, 5) is 10.1. The summed E-state index contributed by atoms with van der Waals surface area (Å²) < 4.78 is 5.85. The number of ether oxygens (including phenoxy) is 1. The Hall–Kier alpha value is -1.64. The second-order valence-corrected chi connectivity index (χ2v) is 9.94. The molecule has 3 heteroatoms. The highest BCUT2D eigenvalue weighted by Gasteiger charge is 2.29. The number of nitrogens with zero attached hydrogens (tertiary/aromatic N) is 2. The fourth-order valence-electron chi connectivity index (χ4n) is 4.85. The Balaban J connectivity index is 2.48. The van der Waals surface area contributed by atoms with Gasteiger partial charge in [-0.15, -0.1) is 0 Å². The minimum atomic E-state index is 0.0781. The molecule has 0 fully saturated rings. The van der Waals surface area contributed by atoms with Crippen LogP contribution >= 0.6 is 0 Å². The lowest BCUT2D eigenvalue weighted by molar-refractivity contribution is 0.359. The van der Waals surface area contributed by atoms with E-state index in [9.17, 15) is 0 Å². The largest absolute Gasteiger partial charge is 0.494 e. The average molecular weight is 427 g/mol. The number of rotatable bonds is 14. The van der Waals surface area contributed by atoms with Gasteiger partial charge >= 0.3 is 0 Å². The van der Waals surface area contributed by atoms with Crippen LogP contribution in [0.2, 0.25) is 0 Å². The van der Waals surface area contributed by atoms with Crippen molar-refractivity contribution in [3.63, 3.8) is 0 Å². The standard InChI is InChI=1S/C28H46N2O/c1-8-12-14-15-18-28(6,17-13-9-2)25-21-29-23-19-22(27(5,11-4)16-10-3)20-24(31-7)26(23)30-25/h19-21H,8-18H2,1-7H3. The van der Waals surface area contributed by atoms with Gasteiger partial charge in [-0.2, -0.15) is 0 Å². The first-order valence-corrected chi connectivity index (χ1v) is 12.7. The molecule has 0 saturated heterocycles. The highest BCUT2D eigenvalue weighted by molar-refractivity contribution is 5.82. The normalized spacial score (nSPS) is 15.6. The maximum Gasteiger partial charge on any atom is 0.147 e. The van der Waals surface area contributed by atoms with Crippen molar-refractivity contribution in [2.45, 2.75) is 123 Å². The molecule has 0 aliphatic rings. The van der Waals surface area contributed by atoms with E-state index in [1.807, 2.05) is 6.20 Å². The summed E-state index contributed by atoms with van der Waals surface area (Å²) in [5.74, 6) is 0.862. The molecule has 1 aromatic heterocycles. The van der Waals surface area contributed by atoms with Crippen molar-refractivity contribution in [1.29, 1.82) is 0 Å². The molecule has 0 spiro atoms. The van der Waals surface area contributed by atoms with Gasteiger partial charge in [-0.05, 0) is 48.8 Å². The van der Waals surface area contributed by atoms with Crippen molar-refractivity contribution in [3.8, 4) is 5.75 Å². The lowest BCUT2D eigenvalue weighted by Gasteiger charge is -2.31. The number of benzene rings is 1. The lowest BCUT2D eigenvalue weighted by Crippen LogP contribution is -2.24.